The Labute approximate surface area is 119 Å². The summed E-state index contributed by atoms with van der Waals surface area (Å²) in [5.41, 5.74) is 1.68. The van der Waals surface area contributed by atoms with Gasteiger partial charge in [0.2, 0.25) is 0 Å². The van der Waals surface area contributed by atoms with Crippen molar-refractivity contribution in [2.24, 2.45) is 0 Å². The molecule has 0 saturated carbocycles. The van der Waals surface area contributed by atoms with E-state index in [0.29, 0.717) is 16.1 Å². The molecule has 0 bridgehead atoms. The Morgan fingerprint density at radius 2 is 1.85 bits per heavy atom. The minimum Gasteiger partial charge on any atom is -0.481 e. The highest BCUT2D eigenvalue weighted by Gasteiger charge is 2.14. The number of nitro benzene ring substituents is 1. The summed E-state index contributed by atoms with van der Waals surface area (Å²) in [6, 6.07) is 11.1. The first kappa shape index (κ1) is 14.0. The molecule has 2 aromatic rings. The van der Waals surface area contributed by atoms with E-state index >= 15 is 0 Å². The van der Waals surface area contributed by atoms with E-state index in [0.717, 1.165) is 5.56 Å². The van der Waals surface area contributed by atoms with Crippen LogP contribution in [-0.4, -0.2) is 16.0 Å². The van der Waals surface area contributed by atoms with Crippen molar-refractivity contribution in [3.05, 3.63) is 63.2 Å². The number of rotatable bonds is 4. The summed E-state index contributed by atoms with van der Waals surface area (Å²) in [5.74, 6) is -1.04. The molecule has 0 aromatic heterocycles. The van der Waals surface area contributed by atoms with Crippen LogP contribution in [0.1, 0.15) is 5.56 Å². The maximum atomic E-state index is 10.9. The van der Waals surface area contributed by atoms with E-state index in [9.17, 15) is 14.9 Å². The van der Waals surface area contributed by atoms with Crippen LogP contribution >= 0.6 is 11.6 Å². The van der Waals surface area contributed by atoms with Gasteiger partial charge in [0.15, 0.2) is 0 Å². The molecule has 6 heteroatoms. The topological polar surface area (TPSA) is 80.4 Å². The summed E-state index contributed by atoms with van der Waals surface area (Å²) in [6.07, 6.45) is -0.278. The number of carbonyl (C=O) groups is 1. The highest BCUT2D eigenvalue weighted by molar-refractivity contribution is 6.30. The average molecular weight is 292 g/mol. The molecule has 0 radical (unpaired) electrons. The predicted molar refractivity (Wildman–Crippen MR) is 74.9 cm³/mol. The lowest BCUT2D eigenvalue weighted by atomic mass is 9.97. The quantitative estimate of drug-likeness (QED) is 0.690. The Kier molecular flexibility index (Phi) is 4.00. The predicted octanol–water partition coefficient (Wildman–Crippen LogP) is 3.54. The summed E-state index contributed by atoms with van der Waals surface area (Å²) in [4.78, 5) is 21.1. The zero-order valence-corrected chi connectivity index (χ0v) is 11.0. The van der Waals surface area contributed by atoms with Crippen molar-refractivity contribution in [3.8, 4) is 11.1 Å². The minimum absolute atomic E-state index is 0.126. The molecule has 0 atom stereocenters. The van der Waals surface area contributed by atoms with E-state index in [1.807, 2.05) is 0 Å². The molecule has 1 N–H and O–H groups in total. The number of halogens is 1. The molecule has 102 valence electrons. The molecule has 2 aromatic carbocycles. The van der Waals surface area contributed by atoms with E-state index in [4.69, 9.17) is 16.7 Å². The molecule has 0 heterocycles. The van der Waals surface area contributed by atoms with Crippen molar-refractivity contribution < 1.29 is 14.8 Å². The van der Waals surface area contributed by atoms with Crippen molar-refractivity contribution in [3.63, 3.8) is 0 Å². The lowest BCUT2D eigenvalue weighted by molar-refractivity contribution is -0.384. The molecule has 0 fully saturated rings. The number of nitrogens with zero attached hydrogens (tertiary/aromatic N) is 1. The number of carboxylic acids is 1. The highest BCUT2D eigenvalue weighted by atomic mass is 35.5. The molecular formula is C14H10ClNO4. The lowest BCUT2D eigenvalue weighted by Crippen LogP contribution is -2.03. The van der Waals surface area contributed by atoms with Gasteiger partial charge < -0.3 is 5.11 Å². The summed E-state index contributed by atoms with van der Waals surface area (Å²) in [6.45, 7) is 0. The number of hydrogen-bond donors (Lipinski definition) is 1. The van der Waals surface area contributed by atoms with Gasteiger partial charge in [0.25, 0.3) is 5.69 Å². The third kappa shape index (κ3) is 3.13. The molecule has 0 aliphatic rings. The second-order valence-electron chi connectivity index (χ2n) is 4.18. The van der Waals surface area contributed by atoms with Crippen molar-refractivity contribution in [1.82, 2.24) is 0 Å². The summed E-state index contributed by atoms with van der Waals surface area (Å²) >= 11 is 5.81. The fourth-order valence-corrected chi connectivity index (χ4v) is 2.04. The molecular weight excluding hydrogens is 282 g/mol. The van der Waals surface area contributed by atoms with Crippen LogP contribution in [-0.2, 0) is 11.2 Å². The Morgan fingerprint density at radius 3 is 2.40 bits per heavy atom. The van der Waals surface area contributed by atoms with Gasteiger partial charge in [-0.25, -0.2) is 0 Å². The van der Waals surface area contributed by atoms with Crippen molar-refractivity contribution in [1.29, 1.82) is 0 Å². The molecule has 0 aliphatic heterocycles. The summed E-state index contributed by atoms with van der Waals surface area (Å²) in [7, 11) is 0. The van der Waals surface area contributed by atoms with E-state index in [1.54, 1.807) is 30.3 Å². The second-order valence-corrected chi connectivity index (χ2v) is 4.61. The van der Waals surface area contributed by atoms with Gasteiger partial charge in [-0.2, -0.15) is 0 Å². The largest absolute Gasteiger partial charge is 0.481 e. The molecule has 0 saturated heterocycles. The minimum atomic E-state index is -1.04. The lowest BCUT2D eigenvalue weighted by Gasteiger charge is -2.08. The highest BCUT2D eigenvalue weighted by Crippen LogP contribution is 2.28. The summed E-state index contributed by atoms with van der Waals surface area (Å²) < 4.78 is 0. The first-order chi connectivity index (χ1) is 9.47. The van der Waals surface area contributed by atoms with Crippen LogP contribution in [0.4, 0.5) is 5.69 Å². The van der Waals surface area contributed by atoms with Crippen LogP contribution in [0.3, 0.4) is 0 Å². The van der Waals surface area contributed by atoms with Crippen LogP contribution in [0.15, 0.2) is 42.5 Å². The Balaban J connectivity index is 2.53. The number of nitro groups is 1. The first-order valence-electron chi connectivity index (χ1n) is 5.72. The fourth-order valence-electron chi connectivity index (χ4n) is 1.91. The molecule has 0 amide bonds. The zero-order chi connectivity index (χ0) is 14.7. The molecule has 0 unspecified atom stereocenters. The van der Waals surface area contributed by atoms with Gasteiger partial charge in [0.1, 0.15) is 0 Å². The molecule has 2 rings (SSSR count). The Hall–Kier alpha value is -2.40. The molecule has 0 aliphatic carbocycles. The smallest absolute Gasteiger partial charge is 0.307 e. The van der Waals surface area contributed by atoms with Gasteiger partial charge in [-0.3, -0.25) is 14.9 Å². The van der Waals surface area contributed by atoms with Crippen molar-refractivity contribution in [2.75, 3.05) is 0 Å². The zero-order valence-electron chi connectivity index (χ0n) is 10.2. The van der Waals surface area contributed by atoms with Gasteiger partial charge in [0.05, 0.1) is 11.3 Å². The number of aliphatic carboxylic acids is 1. The van der Waals surface area contributed by atoms with Gasteiger partial charge in [0, 0.05) is 17.2 Å². The maximum absolute atomic E-state index is 10.9. The normalized spacial score (nSPS) is 10.2. The number of carboxylic acid groups (broad SMARTS) is 1. The Morgan fingerprint density at radius 1 is 1.20 bits per heavy atom. The molecule has 5 nitrogen and oxygen atoms in total. The van der Waals surface area contributed by atoms with Crippen LogP contribution < -0.4 is 0 Å². The number of non-ortho nitro benzene ring substituents is 1. The monoisotopic (exact) mass is 291 g/mol. The van der Waals surface area contributed by atoms with Crippen LogP contribution in [0, 0.1) is 10.1 Å². The van der Waals surface area contributed by atoms with Gasteiger partial charge in [-0.15, -0.1) is 0 Å². The van der Waals surface area contributed by atoms with Crippen molar-refractivity contribution >= 4 is 23.3 Å². The van der Waals surface area contributed by atoms with E-state index in [-0.39, 0.29) is 12.1 Å². The van der Waals surface area contributed by atoms with E-state index in [1.165, 1.54) is 12.1 Å². The standard InChI is InChI=1S/C14H10ClNO4/c15-11-3-1-9(2-4-11)13-6-5-12(16(19)20)7-10(13)8-14(17)18/h1-7H,8H2,(H,17,18). The van der Waals surface area contributed by atoms with E-state index in [2.05, 4.69) is 0 Å². The SMILES string of the molecule is O=C(O)Cc1cc([N+](=O)[O-])ccc1-c1ccc(Cl)cc1. The van der Waals surface area contributed by atoms with Gasteiger partial charge in [-0.1, -0.05) is 23.7 Å². The fraction of sp³-hybridized carbons (Fsp3) is 0.0714. The second kappa shape index (κ2) is 5.71. The van der Waals surface area contributed by atoms with Crippen molar-refractivity contribution in [2.45, 2.75) is 6.42 Å². The van der Waals surface area contributed by atoms with Crippen LogP contribution in [0.25, 0.3) is 11.1 Å². The van der Waals surface area contributed by atoms with E-state index < -0.39 is 10.9 Å². The number of hydrogen-bond acceptors (Lipinski definition) is 3. The number of benzene rings is 2. The Bertz CT molecular complexity index is 667. The van der Waals surface area contributed by atoms with Crippen LogP contribution in [0.5, 0.6) is 0 Å². The van der Waals surface area contributed by atoms with Gasteiger partial charge >= 0.3 is 5.97 Å². The van der Waals surface area contributed by atoms with Gasteiger partial charge in [-0.05, 0) is 34.9 Å². The summed E-state index contributed by atoms with van der Waals surface area (Å²) in [5, 5.41) is 20.3. The third-order valence-corrected chi connectivity index (χ3v) is 3.05. The molecule has 0 spiro atoms. The molecule has 20 heavy (non-hydrogen) atoms. The average Bonchev–Trinajstić information content (AvgIpc) is 2.39. The third-order valence-electron chi connectivity index (χ3n) is 2.80. The first-order valence-corrected chi connectivity index (χ1v) is 6.10. The maximum Gasteiger partial charge on any atom is 0.307 e. The van der Waals surface area contributed by atoms with Crippen LogP contribution in [0.2, 0.25) is 5.02 Å².